The minimum atomic E-state index is -0.963. The fraction of sp³-hybridized carbons (Fsp3) is 0.190. The molecule has 29 heavy (non-hydrogen) atoms. The van der Waals surface area contributed by atoms with Crippen LogP contribution in [0.5, 0.6) is 0 Å². The Morgan fingerprint density at radius 3 is 2.45 bits per heavy atom. The monoisotopic (exact) mass is 415 g/mol. The van der Waals surface area contributed by atoms with E-state index in [1.54, 1.807) is 19.1 Å². The van der Waals surface area contributed by atoms with Crippen LogP contribution >= 0.6 is 11.3 Å². The summed E-state index contributed by atoms with van der Waals surface area (Å²) in [5.74, 6) is -2.68. The van der Waals surface area contributed by atoms with E-state index in [9.17, 15) is 18.4 Å². The third-order valence-corrected chi connectivity index (χ3v) is 5.30. The predicted molar refractivity (Wildman–Crippen MR) is 109 cm³/mol. The van der Waals surface area contributed by atoms with E-state index in [1.807, 2.05) is 19.9 Å². The summed E-state index contributed by atoms with van der Waals surface area (Å²) >= 11 is 1.21. The van der Waals surface area contributed by atoms with Crippen LogP contribution in [-0.2, 0) is 4.79 Å². The Kier molecular flexibility index (Phi) is 6.03. The second-order valence-electron chi connectivity index (χ2n) is 6.58. The lowest BCUT2D eigenvalue weighted by molar-refractivity contribution is -0.115. The molecular weight excluding hydrogens is 396 g/mol. The van der Waals surface area contributed by atoms with Gasteiger partial charge in [-0.05, 0) is 62.2 Å². The third-order valence-electron chi connectivity index (χ3n) is 4.41. The van der Waals surface area contributed by atoms with Gasteiger partial charge in [0.2, 0.25) is 5.91 Å². The zero-order valence-electron chi connectivity index (χ0n) is 16.1. The number of carbonyl (C=O) groups excluding carboxylic acids is 2. The summed E-state index contributed by atoms with van der Waals surface area (Å²) in [4.78, 5) is 29.4. The van der Waals surface area contributed by atoms with E-state index in [1.165, 1.54) is 17.4 Å². The molecule has 0 radical (unpaired) electrons. The third kappa shape index (κ3) is 4.83. The van der Waals surface area contributed by atoms with Crippen LogP contribution in [0.25, 0.3) is 11.3 Å². The molecule has 150 valence electrons. The van der Waals surface area contributed by atoms with E-state index in [4.69, 9.17) is 0 Å². The van der Waals surface area contributed by atoms with Crippen molar-refractivity contribution in [2.24, 2.45) is 0 Å². The minimum absolute atomic E-state index is 0.217. The fourth-order valence-corrected chi connectivity index (χ4v) is 3.52. The van der Waals surface area contributed by atoms with E-state index in [0.29, 0.717) is 22.0 Å². The Hall–Kier alpha value is -3.13. The fourth-order valence-electron chi connectivity index (χ4n) is 2.67. The number of anilines is 1. The molecule has 1 heterocycles. The van der Waals surface area contributed by atoms with Crippen molar-refractivity contribution in [3.05, 3.63) is 69.6 Å². The second kappa shape index (κ2) is 8.48. The molecule has 3 aromatic rings. The summed E-state index contributed by atoms with van der Waals surface area (Å²) in [5.41, 5.74) is 3.43. The standard InChI is InChI=1S/C21H19F2N3O2S/c1-11-4-5-15(8-12(11)2)20(28)24-10-18(27)25-21-26-19(13(3)29-21)14-6-7-16(22)17(23)9-14/h4-9H,10H2,1-3H3,(H,24,28)(H,25,26,27). The highest BCUT2D eigenvalue weighted by Gasteiger charge is 2.15. The summed E-state index contributed by atoms with van der Waals surface area (Å²) in [6.45, 7) is 5.42. The first kappa shape index (κ1) is 20.6. The molecule has 2 N–H and O–H groups in total. The molecule has 0 saturated carbocycles. The van der Waals surface area contributed by atoms with E-state index in [-0.39, 0.29) is 12.5 Å². The Morgan fingerprint density at radius 2 is 1.76 bits per heavy atom. The summed E-state index contributed by atoms with van der Waals surface area (Å²) in [6, 6.07) is 8.84. The van der Waals surface area contributed by atoms with Gasteiger partial charge in [-0.3, -0.25) is 9.59 Å². The number of rotatable bonds is 5. The normalized spacial score (nSPS) is 10.7. The lowest BCUT2D eigenvalue weighted by Crippen LogP contribution is -2.32. The Morgan fingerprint density at radius 1 is 1.00 bits per heavy atom. The molecule has 1 aromatic heterocycles. The van der Waals surface area contributed by atoms with Crippen LogP contribution in [0.3, 0.4) is 0 Å². The first-order chi connectivity index (χ1) is 13.7. The quantitative estimate of drug-likeness (QED) is 0.650. The van der Waals surface area contributed by atoms with E-state index >= 15 is 0 Å². The minimum Gasteiger partial charge on any atom is -0.343 e. The van der Waals surface area contributed by atoms with Crippen LogP contribution in [0.4, 0.5) is 13.9 Å². The number of thiazole rings is 1. The molecule has 0 unspecified atom stereocenters. The van der Waals surface area contributed by atoms with Gasteiger partial charge in [0.25, 0.3) is 5.91 Å². The topological polar surface area (TPSA) is 71.1 Å². The number of nitrogens with one attached hydrogen (secondary N) is 2. The SMILES string of the molecule is Cc1ccc(C(=O)NCC(=O)Nc2nc(-c3ccc(F)c(F)c3)c(C)s2)cc1C. The van der Waals surface area contributed by atoms with E-state index < -0.39 is 17.5 Å². The van der Waals surface area contributed by atoms with Crippen molar-refractivity contribution in [3.63, 3.8) is 0 Å². The van der Waals surface area contributed by atoms with Gasteiger partial charge in [-0.25, -0.2) is 13.8 Å². The maximum Gasteiger partial charge on any atom is 0.251 e. The van der Waals surface area contributed by atoms with Crippen LogP contribution in [-0.4, -0.2) is 23.3 Å². The maximum atomic E-state index is 13.5. The van der Waals surface area contributed by atoms with Gasteiger partial charge in [0.15, 0.2) is 16.8 Å². The van der Waals surface area contributed by atoms with Crippen molar-refractivity contribution < 1.29 is 18.4 Å². The first-order valence-electron chi connectivity index (χ1n) is 8.82. The molecule has 0 atom stereocenters. The van der Waals surface area contributed by atoms with Crippen LogP contribution in [0.1, 0.15) is 26.4 Å². The Bertz CT molecular complexity index is 1100. The lowest BCUT2D eigenvalue weighted by Gasteiger charge is -2.07. The van der Waals surface area contributed by atoms with Crippen molar-refractivity contribution in [1.29, 1.82) is 0 Å². The largest absolute Gasteiger partial charge is 0.343 e. The van der Waals surface area contributed by atoms with Crippen LogP contribution < -0.4 is 10.6 Å². The Balaban J connectivity index is 1.63. The smallest absolute Gasteiger partial charge is 0.251 e. The van der Waals surface area contributed by atoms with Crippen molar-refractivity contribution >= 4 is 28.3 Å². The molecule has 3 rings (SSSR count). The molecule has 8 heteroatoms. The van der Waals surface area contributed by atoms with Gasteiger partial charge in [0, 0.05) is 16.0 Å². The molecule has 0 spiro atoms. The number of halogens is 2. The highest BCUT2D eigenvalue weighted by Crippen LogP contribution is 2.31. The summed E-state index contributed by atoms with van der Waals surface area (Å²) in [7, 11) is 0. The first-order valence-corrected chi connectivity index (χ1v) is 9.64. The molecule has 2 amide bonds. The summed E-state index contributed by atoms with van der Waals surface area (Å²) < 4.78 is 26.6. The van der Waals surface area contributed by atoms with Crippen molar-refractivity contribution in [1.82, 2.24) is 10.3 Å². The number of hydrogen-bond donors (Lipinski definition) is 2. The van der Waals surface area contributed by atoms with Crippen LogP contribution in [0, 0.1) is 32.4 Å². The lowest BCUT2D eigenvalue weighted by atomic mass is 10.1. The maximum absolute atomic E-state index is 13.5. The zero-order chi connectivity index (χ0) is 21.1. The number of amides is 2. The average molecular weight is 415 g/mol. The number of carbonyl (C=O) groups is 2. The van der Waals surface area contributed by atoms with E-state index in [2.05, 4.69) is 15.6 Å². The zero-order valence-corrected chi connectivity index (χ0v) is 16.9. The highest BCUT2D eigenvalue weighted by molar-refractivity contribution is 7.16. The number of aromatic nitrogens is 1. The molecule has 0 bridgehead atoms. The van der Waals surface area contributed by atoms with Crippen LogP contribution in [0.15, 0.2) is 36.4 Å². The van der Waals surface area contributed by atoms with Gasteiger partial charge in [0.1, 0.15) is 0 Å². The molecule has 0 fully saturated rings. The molecule has 0 saturated heterocycles. The molecule has 0 aliphatic heterocycles. The van der Waals surface area contributed by atoms with Gasteiger partial charge >= 0.3 is 0 Å². The number of benzene rings is 2. The van der Waals surface area contributed by atoms with Gasteiger partial charge in [-0.15, -0.1) is 11.3 Å². The number of aryl methyl sites for hydroxylation is 3. The average Bonchev–Trinajstić information content (AvgIpc) is 3.04. The predicted octanol–water partition coefficient (Wildman–Crippen LogP) is 4.38. The molecular formula is C21H19F2N3O2S. The molecule has 5 nitrogen and oxygen atoms in total. The van der Waals surface area contributed by atoms with Gasteiger partial charge in [0.05, 0.1) is 12.2 Å². The number of nitrogens with zero attached hydrogens (tertiary/aromatic N) is 1. The van der Waals surface area contributed by atoms with Crippen molar-refractivity contribution in [2.75, 3.05) is 11.9 Å². The van der Waals surface area contributed by atoms with Gasteiger partial charge in [-0.1, -0.05) is 6.07 Å². The van der Waals surface area contributed by atoms with Gasteiger partial charge in [-0.2, -0.15) is 0 Å². The second-order valence-corrected chi connectivity index (χ2v) is 7.79. The van der Waals surface area contributed by atoms with Crippen molar-refractivity contribution in [3.8, 4) is 11.3 Å². The van der Waals surface area contributed by atoms with Crippen LogP contribution in [0.2, 0.25) is 0 Å². The summed E-state index contributed by atoms with van der Waals surface area (Å²) in [5, 5.41) is 5.49. The highest BCUT2D eigenvalue weighted by atomic mass is 32.1. The van der Waals surface area contributed by atoms with E-state index in [0.717, 1.165) is 28.1 Å². The number of hydrogen-bond acceptors (Lipinski definition) is 4. The summed E-state index contributed by atoms with van der Waals surface area (Å²) in [6.07, 6.45) is 0. The molecule has 2 aromatic carbocycles. The Labute approximate surface area is 170 Å². The van der Waals surface area contributed by atoms with Crippen molar-refractivity contribution in [2.45, 2.75) is 20.8 Å². The molecule has 0 aliphatic rings. The molecule has 0 aliphatic carbocycles. The van der Waals surface area contributed by atoms with Gasteiger partial charge < -0.3 is 10.6 Å².